The van der Waals surface area contributed by atoms with Crippen molar-refractivity contribution in [2.45, 2.75) is 51.0 Å². The summed E-state index contributed by atoms with van der Waals surface area (Å²) in [7, 11) is 0. The number of aromatic nitrogens is 2. The van der Waals surface area contributed by atoms with Crippen LogP contribution in [0.2, 0.25) is 0 Å². The monoisotopic (exact) mass is 314 g/mol. The number of ether oxygens (including phenoxy) is 1. The van der Waals surface area contributed by atoms with Crippen molar-refractivity contribution in [3.05, 3.63) is 18.1 Å². The fourth-order valence-corrected chi connectivity index (χ4v) is 3.50. The Hall–Kier alpha value is -2.16. The van der Waals surface area contributed by atoms with E-state index in [9.17, 15) is 4.79 Å². The number of nitriles is 1. The van der Waals surface area contributed by atoms with Crippen LogP contribution in [0.25, 0.3) is 0 Å². The molecule has 1 atom stereocenters. The van der Waals surface area contributed by atoms with E-state index >= 15 is 0 Å². The first-order chi connectivity index (χ1) is 11.3. The topological polar surface area (TPSA) is 79.1 Å². The summed E-state index contributed by atoms with van der Waals surface area (Å²) in [6.07, 6.45) is 10.2. The minimum Gasteiger partial charge on any atom is -0.470 e. The lowest BCUT2D eigenvalue weighted by atomic mass is 10.0. The molecular formula is C17H22N4O2. The molecule has 0 spiro atoms. The van der Waals surface area contributed by atoms with Gasteiger partial charge in [-0.3, -0.25) is 4.79 Å². The summed E-state index contributed by atoms with van der Waals surface area (Å²) in [4.78, 5) is 22.4. The van der Waals surface area contributed by atoms with Gasteiger partial charge in [-0.15, -0.1) is 0 Å². The van der Waals surface area contributed by atoms with Gasteiger partial charge in [-0.25, -0.2) is 9.97 Å². The van der Waals surface area contributed by atoms with Gasteiger partial charge in [0.1, 0.15) is 12.2 Å². The van der Waals surface area contributed by atoms with Gasteiger partial charge in [0.2, 0.25) is 11.6 Å². The number of piperidine rings is 1. The Bertz CT molecular complexity index is 593. The first-order valence-electron chi connectivity index (χ1n) is 8.42. The maximum atomic E-state index is 12.5. The van der Waals surface area contributed by atoms with Crippen molar-refractivity contribution in [3.8, 4) is 11.9 Å². The second-order valence-corrected chi connectivity index (χ2v) is 6.40. The first kappa shape index (κ1) is 15.7. The quantitative estimate of drug-likeness (QED) is 0.852. The molecule has 0 aromatic carbocycles. The standard InChI is InChI=1S/C17H22N4O2/c18-11-15-17(20-8-7-19-15)23-14-6-3-9-21(12-14)16(22)10-13-4-1-2-5-13/h7-8,13-14H,1-6,9-10,12H2. The molecule has 1 aliphatic carbocycles. The summed E-state index contributed by atoms with van der Waals surface area (Å²) in [5, 5.41) is 9.05. The van der Waals surface area contributed by atoms with E-state index in [1.54, 1.807) is 0 Å². The van der Waals surface area contributed by atoms with Gasteiger partial charge in [0.05, 0.1) is 6.54 Å². The third kappa shape index (κ3) is 3.98. The SMILES string of the molecule is N#Cc1nccnc1OC1CCCN(C(=O)CC2CCCC2)C1. The van der Waals surface area contributed by atoms with Crippen molar-refractivity contribution >= 4 is 5.91 Å². The Morgan fingerprint density at radius 2 is 2.04 bits per heavy atom. The van der Waals surface area contributed by atoms with Crippen LogP contribution >= 0.6 is 0 Å². The maximum absolute atomic E-state index is 12.5. The van der Waals surface area contributed by atoms with Crippen LogP contribution in [0.1, 0.15) is 50.6 Å². The van der Waals surface area contributed by atoms with Gasteiger partial charge in [0, 0.05) is 25.4 Å². The number of rotatable bonds is 4. The minimum atomic E-state index is -0.111. The van der Waals surface area contributed by atoms with Gasteiger partial charge in [-0.1, -0.05) is 12.8 Å². The van der Waals surface area contributed by atoms with E-state index in [2.05, 4.69) is 9.97 Å². The normalized spacial score (nSPS) is 21.9. The molecule has 1 amide bonds. The zero-order valence-corrected chi connectivity index (χ0v) is 13.3. The molecule has 6 nitrogen and oxygen atoms in total. The summed E-state index contributed by atoms with van der Waals surface area (Å²) in [6, 6.07) is 1.99. The van der Waals surface area contributed by atoms with E-state index in [1.807, 2.05) is 11.0 Å². The van der Waals surface area contributed by atoms with Crippen LogP contribution in [0.15, 0.2) is 12.4 Å². The molecule has 2 fully saturated rings. The summed E-state index contributed by atoms with van der Waals surface area (Å²) in [6.45, 7) is 1.38. The van der Waals surface area contributed by atoms with E-state index in [1.165, 1.54) is 38.1 Å². The molecule has 122 valence electrons. The van der Waals surface area contributed by atoms with E-state index in [0.29, 0.717) is 18.9 Å². The van der Waals surface area contributed by atoms with Crippen LogP contribution in [0.5, 0.6) is 5.88 Å². The second kappa shape index (κ2) is 7.40. The fraction of sp³-hybridized carbons (Fsp3) is 0.647. The Kier molecular flexibility index (Phi) is 5.06. The lowest BCUT2D eigenvalue weighted by Gasteiger charge is -2.33. The van der Waals surface area contributed by atoms with Gasteiger partial charge in [0.25, 0.3) is 5.88 Å². The molecule has 3 rings (SSSR count). The van der Waals surface area contributed by atoms with E-state index in [4.69, 9.17) is 10.00 Å². The van der Waals surface area contributed by atoms with Crippen LogP contribution in [0, 0.1) is 17.2 Å². The Balaban J connectivity index is 1.57. The van der Waals surface area contributed by atoms with Gasteiger partial charge in [-0.2, -0.15) is 5.26 Å². The number of carbonyl (C=O) groups is 1. The third-order valence-electron chi connectivity index (χ3n) is 4.72. The Morgan fingerprint density at radius 3 is 2.83 bits per heavy atom. The highest BCUT2D eigenvalue weighted by Gasteiger charge is 2.28. The molecule has 23 heavy (non-hydrogen) atoms. The van der Waals surface area contributed by atoms with Crippen molar-refractivity contribution in [2.24, 2.45) is 5.92 Å². The molecule has 2 heterocycles. The summed E-state index contributed by atoms with van der Waals surface area (Å²) >= 11 is 0. The number of likely N-dealkylation sites (tertiary alicyclic amines) is 1. The van der Waals surface area contributed by atoms with Crippen LogP contribution in [-0.2, 0) is 4.79 Å². The zero-order chi connectivity index (χ0) is 16.1. The largest absolute Gasteiger partial charge is 0.470 e. The summed E-state index contributed by atoms with van der Waals surface area (Å²) in [5.41, 5.74) is 0.196. The van der Waals surface area contributed by atoms with Crippen LogP contribution in [-0.4, -0.2) is 40.0 Å². The van der Waals surface area contributed by atoms with Gasteiger partial charge in [0.15, 0.2) is 0 Å². The van der Waals surface area contributed by atoms with Crippen molar-refractivity contribution in [3.63, 3.8) is 0 Å². The van der Waals surface area contributed by atoms with Crippen molar-refractivity contribution in [1.29, 1.82) is 5.26 Å². The summed E-state index contributed by atoms with van der Waals surface area (Å²) in [5.74, 6) is 1.07. The lowest BCUT2D eigenvalue weighted by Crippen LogP contribution is -2.44. The molecule has 0 N–H and O–H groups in total. The number of nitrogens with zero attached hydrogens (tertiary/aromatic N) is 4. The number of hydrogen-bond acceptors (Lipinski definition) is 5. The molecule has 1 unspecified atom stereocenters. The third-order valence-corrected chi connectivity index (χ3v) is 4.72. The van der Waals surface area contributed by atoms with Gasteiger partial charge >= 0.3 is 0 Å². The van der Waals surface area contributed by atoms with Gasteiger partial charge in [-0.05, 0) is 31.6 Å². The lowest BCUT2D eigenvalue weighted by molar-refractivity contribution is -0.134. The number of carbonyl (C=O) groups excluding carboxylic acids is 1. The molecule has 1 saturated heterocycles. The highest BCUT2D eigenvalue weighted by Crippen LogP contribution is 2.28. The molecule has 1 aromatic heterocycles. The van der Waals surface area contributed by atoms with Crippen LogP contribution < -0.4 is 4.74 Å². The highest BCUT2D eigenvalue weighted by atomic mass is 16.5. The molecular weight excluding hydrogens is 292 g/mol. The zero-order valence-electron chi connectivity index (χ0n) is 13.3. The molecule has 1 aromatic rings. The van der Waals surface area contributed by atoms with E-state index < -0.39 is 0 Å². The number of hydrogen-bond donors (Lipinski definition) is 0. The molecule has 0 bridgehead atoms. The fourth-order valence-electron chi connectivity index (χ4n) is 3.50. The van der Waals surface area contributed by atoms with Crippen molar-refractivity contribution in [1.82, 2.24) is 14.9 Å². The Morgan fingerprint density at radius 1 is 1.26 bits per heavy atom. The molecule has 0 radical (unpaired) electrons. The minimum absolute atomic E-state index is 0.111. The maximum Gasteiger partial charge on any atom is 0.251 e. The first-order valence-corrected chi connectivity index (χ1v) is 8.42. The Labute approximate surface area is 136 Å². The molecule has 1 saturated carbocycles. The van der Waals surface area contributed by atoms with Crippen LogP contribution in [0.4, 0.5) is 0 Å². The van der Waals surface area contributed by atoms with E-state index in [0.717, 1.165) is 19.4 Å². The predicted molar refractivity (Wildman–Crippen MR) is 83.6 cm³/mol. The average molecular weight is 314 g/mol. The smallest absolute Gasteiger partial charge is 0.251 e. The van der Waals surface area contributed by atoms with Crippen molar-refractivity contribution < 1.29 is 9.53 Å². The van der Waals surface area contributed by atoms with Crippen LogP contribution in [0.3, 0.4) is 0 Å². The molecule has 2 aliphatic rings. The highest BCUT2D eigenvalue weighted by molar-refractivity contribution is 5.76. The average Bonchev–Trinajstić information content (AvgIpc) is 3.08. The predicted octanol–water partition coefficient (Wildman–Crippen LogP) is 2.30. The summed E-state index contributed by atoms with van der Waals surface area (Å²) < 4.78 is 5.84. The van der Waals surface area contributed by atoms with Crippen molar-refractivity contribution in [2.75, 3.05) is 13.1 Å². The second-order valence-electron chi connectivity index (χ2n) is 6.40. The molecule has 6 heteroatoms. The van der Waals surface area contributed by atoms with E-state index in [-0.39, 0.29) is 23.6 Å². The molecule has 1 aliphatic heterocycles. The van der Waals surface area contributed by atoms with Gasteiger partial charge < -0.3 is 9.64 Å². The number of amides is 1.